The Hall–Kier alpha value is -4.70. The predicted octanol–water partition coefficient (Wildman–Crippen LogP) is 4.67. The maximum Gasteiger partial charge on any atom is 0.338 e. The number of hydrogen-bond donors (Lipinski definition) is 0. The van der Waals surface area contributed by atoms with E-state index in [2.05, 4.69) is 4.99 Å². The lowest BCUT2D eigenvalue weighted by Crippen LogP contribution is -2.39. The van der Waals surface area contributed by atoms with E-state index in [1.807, 2.05) is 25.1 Å². The Kier molecular flexibility index (Phi) is 8.26. The lowest BCUT2D eigenvalue weighted by atomic mass is 9.95. The number of hydrogen-bond acceptors (Lipinski definition) is 9. The Morgan fingerprint density at radius 1 is 1.05 bits per heavy atom. The number of carbonyl (C=O) groups is 2. The summed E-state index contributed by atoms with van der Waals surface area (Å²) in [6, 6.07) is 15.3. The first-order chi connectivity index (χ1) is 20.2. The molecule has 4 aromatic rings. The fraction of sp³-hybridized carbons (Fsp3) is 0.250. The van der Waals surface area contributed by atoms with Crippen molar-refractivity contribution >= 4 is 29.2 Å². The molecule has 1 atom stereocenters. The lowest BCUT2D eigenvalue weighted by molar-refractivity contribution is -0.139. The maximum absolute atomic E-state index is 13.9. The van der Waals surface area contributed by atoms with Crippen LogP contribution in [-0.4, -0.2) is 36.6 Å². The van der Waals surface area contributed by atoms with Crippen LogP contribution in [0.3, 0.4) is 0 Å². The van der Waals surface area contributed by atoms with Crippen LogP contribution >= 0.6 is 11.3 Å². The molecule has 1 aliphatic heterocycles. The number of rotatable bonds is 9. The van der Waals surface area contributed by atoms with Gasteiger partial charge < -0.3 is 18.6 Å². The third-order valence-corrected chi connectivity index (χ3v) is 7.78. The summed E-state index contributed by atoms with van der Waals surface area (Å²) in [5.41, 5.74) is 2.49. The highest BCUT2D eigenvalue weighted by molar-refractivity contribution is 7.07. The van der Waals surface area contributed by atoms with Gasteiger partial charge in [0, 0.05) is 17.2 Å². The van der Waals surface area contributed by atoms with E-state index >= 15 is 0 Å². The van der Waals surface area contributed by atoms with Crippen LogP contribution in [0.5, 0.6) is 11.5 Å². The summed E-state index contributed by atoms with van der Waals surface area (Å²) in [5.74, 6) is 1.56. The molecule has 0 bridgehead atoms. The van der Waals surface area contributed by atoms with Crippen LogP contribution in [0.2, 0.25) is 0 Å². The summed E-state index contributed by atoms with van der Waals surface area (Å²) >= 11 is 1.21. The molecule has 42 heavy (non-hydrogen) atoms. The van der Waals surface area contributed by atoms with Crippen molar-refractivity contribution < 1.29 is 28.2 Å². The molecule has 3 heterocycles. The number of thiazole rings is 1. The summed E-state index contributed by atoms with van der Waals surface area (Å²) in [5, 5.41) is 0. The van der Waals surface area contributed by atoms with E-state index in [4.69, 9.17) is 18.6 Å². The van der Waals surface area contributed by atoms with Crippen LogP contribution in [0, 0.1) is 0 Å². The molecule has 0 aliphatic carbocycles. The largest absolute Gasteiger partial charge is 0.493 e. The minimum absolute atomic E-state index is 0.0135. The van der Waals surface area contributed by atoms with Gasteiger partial charge in [-0.25, -0.2) is 9.79 Å². The van der Waals surface area contributed by atoms with Gasteiger partial charge in [0.25, 0.3) is 5.56 Å². The van der Waals surface area contributed by atoms with Crippen molar-refractivity contribution in [1.82, 2.24) is 4.57 Å². The number of fused-ring (bicyclic) bond motifs is 1. The molecule has 2 aromatic heterocycles. The van der Waals surface area contributed by atoms with Crippen LogP contribution in [0.25, 0.3) is 17.4 Å². The first-order valence-electron chi connectivity index (χ1n) is 13.5. The smallest absolute Gasteiger partial charge is 0.338 e. The number of ether oxygens (including phenoxy) is 3. The van der Waals surface area contributed by atoms with Crippen molar-refractivity contribution in [3.8, 4) is 22.8 Å². The van der Waals surface area contributed by atoms with Gasteiger partial charge in [-0.15, -0.1) is 0 Å². The van der Waals surface area contributed by atoms with Gasteiger partial charge in [0.05, 0.1) is 42.2 Å². The summed E-state index contributed by atoms with van der Waals surface area (Å²) < 4.78 is 24.5. The second-order valence-corrected chi connectivity index (χ2v) is 10.5. The molecule has 0 N–H and O–H groups in total. The van der Waals surface area contributed by atoms with E-state index in [1.54, 1.807) is 63.4 Å². The monoisotopic (exact) mass is 586 g/mol. The number of esters is 1. The number of furan rings is 1. The zero-order valence-electron chi connectivity index (χ0n) is 23.9. The van der Waals surface area contributed by atoms with Crippen molar-refractivity contribution in [1.29, 1.82) is 0 Å². The van der Waals surface area contributed by atoms with Gasteiger partial charge in [0.15, 0.2) is 22.1 Å². The standard InChI is InChI=1S/C32H30N2O7S/c1-6-39-26-16-22(12-14-25(26)38-5)29-28(31(37)40-7-2)18(3)33-32-34(29)30(36)27(42-32)17-23-13-15-24(41-23)21-10-8-20(9-11-21)19(4)35/h8-17,29H,6-7H2,1-5H3/b27-17-/t29-/m0/s1. The van der Waals surface area contributed by atoms with E-state index in [1.165, 1.54) is 22.8 Å². The summed E-state index contributed by atoms with van der Waals surface area (Å²) in [7, 11) is 1.55. The van der Waals surface area contributed by atoms with Crippen molar-refractivity contribution in [3.63, 3.8) is 0 Å². The minimum Gasteiger partial charge on any atom is -0.493 e. The average Bonchev–Trinajstić information content (AvgIpc) is 3.56. The summed E-state index contributed by atoms with van der Waals surface area (Å²) in [6.07, 6.45) is 1.66. The Bertz CT molecular complexity index is 1880. The topological polar surface area (TPSA) is 109 Å². The number of nitrogens with zero attached hydrogens (tertiary/aromatic N) is 2. The second-order valence-electron chi connectivity index (χ2n) is 9.48. The summed E-state index contributed by atoms with van der Waals surface area (Å²) in [6.45, 7) is 7.44. The number of benzene rings is 2. The SMILES string of the molecule is CCOC(=O)C1=C(C)N=c2s/c(=C\c3ccc(-c4ccc(C(C)=O)cc4)o3)c(=O)n2[C@H]1c1ccc(OC)c(OCC)c1. The van der Waals surface area contributed by atoms with Gasteiger partial charge >= 0.3 is 5.97 Å². The normalized spacial score (nSPS) is 14.8. The Morgan fingerprint density at radius 2 is 1.81 bits per heavy atom. The molecule has 0 saturated carbocycles. The number of methoxy groups -OCH3 is 1. The van der Waals surface area contributed by atoms with Crippen LogP contribution in [0.1, 0.15) is 55.4 Å². The fourth-order valence-corrected chi connectivity index (χ4v) is 5.85. The van der Waals surface area contributed by atoms with Crippen LogP contribution in [-0.2, 0) is 9.53 Å². The van der Waals surface area contributed by atoms with Gasteiger partial charge in [-0.05, 0) is 57.5 Å². The third-order valence-electron chi connectivity index (χ3n) is 6.80. The molecule has 0 fully saturated rings. The number of aromatic nitrogens is 1. The van der Waals surface area contributed by atoms with Crippen molar-refractivity contribution in [2.24, 2.45) is 4.99 Å². The van der Waals surface area contributed by atoms with E-state index in [0.29, 0.717) is 55.8 Å². The molecule has 10 heteroatoms. The molecule has 0 spiro atoms. The lowest BCUT2D eigenvalue weighted by Gasteiger charge is -2.25. The van der Waals surface area contributed by atoms with Gasteiger partial charge in [-0.1, -0.05) is 41.7 Å². The fourth-order valence-electron chi connectivity index (χ4n) is 4.82. The molecule has 0 unspecified atom stereocenters. The number of carbonyl (C=O) groups excluding carboxylic acids is 2. The van der Waals surface area contributed by atoms with Crippen molar-refractivity contribution in [2.45, 2.75) is 33.7 Å². The van der Waals surface area contributed by atoms with Crippen molar-refractivity contribution in [3.05, 3.63) is 102 Å². The predicted molar refractivity (Wildman–Crippen MR) is 159 cm³/mol. The van der Waals surface area contributed by atoms with Crippen LogP contribution < -0.4 is 24.4 Å². The molecule has 1 aliphatic rings. The Balaban J connectivity index is 1.62. The molecular formula is C32H30N2O7S. The van der Waals surface area contributed by atoms with Gasteiger partial charge in [-0.3, -0.25) is 14.2 Å². The van der Waals surface area contributed by atoms with Gasteiger partial charge in [0.1, 0.15) is 11.5 Å². The second kappa shape index (κ2) is 12.0. The van der Waals surface area contributed by atoms with Crippen molar-refractivity contribution in [2.75, 3.05) is 20.3 Å². The molecule has 0 saturated heterocycles. The van der Waals surface area contributed by atoms with E-state index in [0.717, 1.165) is 5.56 Å². The molecular weight excluding hydrogens is 556 g/mol. The molecule has 0 amide bonds. The quantitative estimate of drug-likeness (QED) is 0.207. The molecule has 0 radical (unpaired) electrons. The third kappa shape index (κ3) is 5.45. The number of ketones is 1. The molecule has 2 aromatic carbocycles. The van der Waals surface area contributed by atoms with E-state index in [9.17, 15) is 14.4 Å². The number of allylic oxidation sites excluding steroid dienone is 1. The van der Waals surface area contributed by atoms with Crippen LogP contribution in [0.15, 0.2) is 80.1 Å². The van der Waals surface area contributed by atoms with Crippen LogP contribution in [0.4, 0.5) is 0 Å². The number of Topliss-reactive ketones (excluding diaryl/α,β-unsaturated/α-hetero) is 1. The first kappa shape index (κ1) is 28.8. The summed E-state index contributed by atoms with van der Waals surface area (Å²) in [4.78, 5) is 43.8. The Morgan fingerprint density at radius 3 is 2.48 bits per heavy atom. The maximum atomic E-state index is 13.9. The van der Waals surface area contributed by atoms with Gasteiger partial charge in [0.2, 0.25) is 0 Å². The minimum atomic E-state index is -0.792. The molecule has 9 nitrogen and oxygen atoms in total. The van der Waals surface area contributed by atoms with E-state index < -0.39 is 12.0 Å². The zero-order chi connectivity index (χ0) is 30.0. The average molecular weight is 587 g/mol. The molecule has 5 rings (SSSR count). The highest BCUT2D eigenvalue weighted by Gasteiger charge is 2.34. The molecule has 216 valence electrons. The van der Waals surface area contributed by atoms with E-state index in [-0.39, 0.29) is 23.5 Å². The highest BCUT2D eigenvalue weighted by Crippen LogP contribution is 2.36. The zero-order valence-corrected chi connectivity index (χ0v) is 24.7. The highest BCUT2D eigenvalue weighted by atomic mass is 32.1. The van der Waals surface area contributed by atoms with Gasteiger partial charge in [-0.2, -0.15) is 0 Å². The Labute approximate surface area is 246 Å². The first-order valence-corrected chi connectivity index (χ1v) is 14.3.